The number of nitrogens with zero attached hydrogens (tertiary/aromatic N) is 2. The largest absolute Gasteiger partial charge is 0.374 e. The standard InChI is InChI=1S/C13H17N3S/c1-8-12(6-14)13(17-16-8)15-7-11-5-9-2-3-10(11)4-9/h9-11,15H,2-5,7H2,1H3. The van der Waals surface area contributed by atoms with E-state index in [-0.39, 0.29) is 0 Å². The van der Waals surface area contributed by atoms with E-state index in [1.165, 1.54) is 37.2 Å². The molecule has 0 aromatic carbocycles. The molecular formula is C13H17N3S. The Morgan fingerprint density at radius 1 is 1.47 bits per heavy atom. The van der Waals surface area contributed by atoms with E-state index in [0.717, 1.165) is 40.6 Å². The maximum atomic E-state index is 9.06. The Labute approximate surface area is 106 Å². The molecule has 4 heteroatoms. The number of anilines is 1. The Balaban J connectivity index is 1.63. The number of hydrogen-bond donors (Lipinski definition) is 1. The molecule has 1 heterocycles. The fourth-order valence-electron chi connectivity index (χ4n) is 3.47. The minimum atomic E-state index is 0.734. The average Bonchev–Trinajstić information content (AvgIpc) is 3.01. The van der Waals surface area contributed by atoms with Crippen molar-refractivity contribution in [3.8, 4) is 6.07 Å². The summed E-state index contributed by atoms with van der Waals surface area (Å²) in [7, 11) is 0. The zero-order valence-corrected chi connectivity index (χ0v) is 10.9. The van der Waals surface area contributed by atoms with Crippen LogP contribution in [0.15, 0.2) is 0 Å². The van der Waals surface area contributed by atoms with E-state index in [9.17, 15) is 0 Å². The van der Waals surface area contributed by atoms with E-state index >= 15 is 0 Å². The lowest BCUT2D eigenvalue weighted by molar-refractivity contribution is 0.348. The summed E-state index contributed by atoms with van der Waals surface area (Å²) in [6, 6.07) is 2.24. The van der Waals surface area contributed by atoms with Gasteiger partial charge in [0.1, 0.15) is 16.6 Å². The second-order valence-electron chi connectivity index (χ2n) is 5.40. The highest BCUT2D eigenvalue weighted by molar-refractivity contribution is 7.10. The smallest absolute Gasteiger partial charge is 0.127 e. The number of aromatic nitrogens is 1. The first-order valence-electron chi connectivity index (χ1n) is 6.38. The Morgan fingerprint density at radius 3 is 3.00 bits per heavy atom. The molecule has 0 amide bonds. The van der Waals surface area contributed by atoms with Crippen LogP contribution in [0.3, 0.4) is 0 Å². The van der Waals surface area contributed by atoms with Crippen LogP contribution in [0.25, 0.3) is 0 Å². The van der Waals surface area contributed by atoms with Crippen molar-refractivity contribution in [2.24, 2.45) is 17.8 Å². The summed E-state index contributed by atoms with van der Waals surface area (Å²) >= 11 is 1.42. The summed E-state index contributed by atoms with van der Waals surface area (Å²) in [5, 5.41) is 13.5. The van der Waals surface area contributed by atoms with Gasteiger partial charge < -0.3 is 5.32 Å². The van der Waals surface area contributed by atoms with Gasteiger partial charge in [0.15, 0.2) is 0 Å². The molecule has 3 rings (SSSR count). The molecule has 1 N–H and O–H groups in total. The molecular weight excluding hydrogens is 230 g/mol. The van der Waals surface area contributed by atoms with E-state index in [4.69, 9.17) is 5.26 Å². The van der Waals surface area contributed by atoms with E-state index in [1.807, 2.05) is 6.92 Å². The highest BCUT2D eigenvalue weighted by Crippen LogP contribution is 2.48. The lowest BCUT2D eigenvalue weighted by Crippen LogP contribution is -2.20. The summed E-state index contributed by atoms with van der Waals surface area (Å²) in [5.74, 6) is 2.75. The van der Waals surface area contributed by atoms with Crippen molar-refractivity contribution >= 4 is 16.5 Å². The number of fused-ring (bicyclic) bond motifs is 2. The molecule has 17 heavy (non-hydrogen) atoms. The van der Waals surface area contributed by atoms with Crippen molar-refractivity contribution in [2.75, 3.05) is 11.9 Å². The fourth-order valence-corrected chi connectivity index (χ4v) is 4.22. The van der Waals surface area contributed by atoms with Gasteiger partial charge in [0.05, 0.1) is 5.69 Å². The van der Waals surface area contributed by atoms with Crippen molar-refractivity contribution in [3.05, 3.63) is 11.3 Å². The van der Waals surface area contributed by atoms with Gasteiger partial charge in [-0.15, -0.1) is 0 Å². The van der Waals surface area contributed by atoms with Gasteiger partial charge in [-0.25, -0.2) is 0 Å². The van der Waals surface area contributed by atoms with Gasteiger partial charge in [0, 0.05) is 6.54 Å². The summed E-state index contributed by atoms with van der Waals surface area (Å²) in [6.45, 7) is 2.93. The molecule has 2 aliphatic carbocycles. The van der Waals surface area contributed by atoms with Gasteiger partial charge in [-0.1, -0.05) is 6.42 Å². The second-order valence-corrected chi connectivity index (χ2v) is 6.17. The molecule has 0 saturated heterocycles. The molecule has 2 fully saturated rings. The summed E-state index contributed by atoms with van der Waals surface area (Å²) in [4.78, 5) is 0. The van der Waals surface area contributed by atoms with Crippen LogP contribution in [0, 0.1) is 36.0 Å². The Hall–Kier alpha value is -1.08. The molecule has 3 atom stereocenters. The minimum Gasteiger partial charge on any atom is -0.374 e. The molecule has 2 aliphatic rings. The van der Waals surface area contributed by atoms with Crippen molar-refractivity contribution in [2.45, 2.75) is 32.6 Å². The number of rotatable bonds is 3. The maximum absolute atomic E-state index is 9.06. The van der Waals surface area contributed by atoms with Gasteiger partial charge in [-0.05, 0) is 55.5 Å². The average molecular weight is 247 g/mol. The lowest BCUT2D eigenvalue weighted by Gasteiger charge is -2.21. The minimum absolute atomic E-state index is 0.734. The quantitative estimate of drug-likeness (QED) is 0.892. The second kappa shape index (κ2) is 4.30. The number of nitrogens with one attached hydrogen (secondary N) is 1. The van der Waals surface area contributed by atoms with E-state index < -0.39 is 0 Å². The third-order valence-corrected chi connectivity index (χ3v) is 5.28. The summed E-state index contributed by atoms with van der Waals surface area (Å²) < 4.78 is 4.24. The zero-order valence-electron chi connectivity index (χ0n) is 10.1. The number of aryl methyl sites for hydroxylation is 1. The highest BCUT2D eigenvalue weighted by atomic mass is 32.1. The first-order valence-corrected chi connectivity index (χ1v) is 7.15. The van der Waals surface area contributed by atoms with E-state index in [2.05, 4.69) is 15.8 Å². The molecule has 3 unspecified atom stereocenters. The Bertz CT molecular complexity index is 460. The SMILES string of the molecule is Cc1nsc(NCC2CC3CCC2C3)c1C#N. The van der Waals surface area contributed by atoms with Crippen molar-refractivity contribution in [3.63, 3.8) is 0 Å². The van der Waals surface area contributed by atoms with Crippen molar-refractivity contribution in [1.82, 2.24) is 4.37 Å². The highest BCUT2D eigenvalue weighted by Gasteiger charge is 2.39. The van der Waals surface area contributed by atoms with Crippen LogP contribution >= 0.6 is 11.5 Å². The molecule has 0 radical (unpaired) electrons. The van der Waals surface area contributed by atoms with E-state index in [1.54, 1.807) is 0 Å². The third kappa shape index (κ3) is 1.93. The zero-order chi connectivity index (χ0) is 11.8. The van der Waals surface area contributed by atoms with Gasteiger partial charge >= 0.3 is 0 Å². The van der Waals surface area contributed by atoms with Gasteiger partial charge in [-0.2, -0.15) is 9.64 Å². The van der Waals surface area contributed by atoms with Crippen LogP contribution in [0.1, 0.15) is 36.9 Å². The predicted octanol–water partition coefficient (Wildman–Crippen LogP) is 3.17. The monoisotopic (exact) mass is 247 g/mol. The van der Waals surface area contributed by atoms with Crippen LogP contribution in [0.2, 0.25) is 0 Å². The molecule has 0 aliphatic heterocycles. The molecule has 90 valence electrons. The summed E-state index contributed by atoms with van der Waals surface area (Å²) in [6.07, 6.45) is 5.70. The topological polar surface area (TPSA) is 48.7 Å². The first kappa shape index (κ1) is 11.0. The molecule has 3 nitrogen and oxygen atoms in total. The van der Waals surface area contributed by atoms with Gasteiger partial charge in [0.25, 0.3) is 0 Å². The molecule has 2 saturated carbocycles. The maximum Gasteiger partial charge on any atom is 0.127 e. The van der Waals surface area contributed by atoms with Crippen molar-refractivity contribution < 1.29 is 0 Å². The molecule has 0 spiro atoms. The first-order chi connectivity index (χ1) is 8.28. The van der Waals surface area contributed by atoms with Crippen LogP contribution in [0.4, 0.5) is 5.00 Å². The van der Waals surface area contributed by atoms with Crippen LogP contribution in [-0.2, 0) is 0 Å². The normalized spacial score (nSPS) is 30.5. The Kier molecular flexibility index (Phi) is 2.79. The number of hydrogen-bond acceptors (Lipinski definition) is 4. The van der Waals surface area contributed by atoms with Gasteiger partial charge in [0.2, 0.25) is 0 Å². The molecule has 1 aromatic heterocycles. The van der Waals surface area contributed by atoms with Gasteiger partial charge in [-0.3, -0.25) is 0 Å². The predicted molar refractivity (Wildman–Crippen MR) is 69.0 cm³/mol. The third-order valence-electron chi connectivity index (χ3n) is 4.38. The molecule has 2 bridgehead atoms. The van der Waals surface area contributed by atoms with Crippen LogP contribution < -0.4 is 5.32 Å². The molecule has 1 aromatic rings. The Morgan fingerprint density at radius 2 is 2.35 bits per heavy atom. The van der Waals surface area contributed by atoms with E-state index in [0.29, 0.717) is 0 Å². The van der Waals surface area contributed by atoms with Crippen molar-refractivity contribution in [1.29, 1.82) is 5.26 Å². The van der Waals surface area contributed by atoms with Crippen LogP contribution in [-0.4, -0.2) is 10.9 Å². The lowest BCUT2D eigenvalue weighted by atomic mass is 9.89. The number of nitriles is 1. The summed E-state index contributed by atoms with van der Waals surface area (Å²) in [5.41, 5.74) is 1.59. The fraction of sp³-hybridized carbons (Fsp3) is 0.692. The van der Waals surface area contributed by atoms with Crippen LogP contribution in [0.5, 0.6) is 0 Å².